The molecule has 2 fully saturated rings. The number of methoxy groups -OCH3 is 1. The average Bonchev–Trinajstić information content (AvgIpc) is 2.98. The monoisotopic (exact) mass is 592 g/mol. The first-order chi connectivity index (χ1) is 20.0. The molecule has 2 aromatic carbocycles. The lowest BCUT2D eigenvalue weighted by atomic mass is 9.98. The quantitative estimate of drug-likeness (QED) is 0.179. The fraction of sp³-hybridized carbons (Fsp3) is 0.464. The van der Waals surface area contributed by atoms with E-state index in [1.54, 1.807) is 24.3 Å². The average molecular weight is 593 g/mol. The Balaban J connectivity index is 1.33. The summed E-state index contributed by atoms with van der Waals surface area (Å²) in [4.78, 5) is 13.2. The molecule has 0 aliphatic carbocycles. The van der Waals surface area contributed by atoms with Crippen LogP contribution in [-0.4, -0.2) is 111 Å². The molecular weight excluding hydrogens is 560 g/mol. The Morgan fingerprint density at radius 2 is 1.48 bits per heavy atom. The van der Waals surface area contributed by atoms with E-state index in [4.69, 9.17) is 28.1 Å². The first kappa shape index (κ1) is 30.2. The van der Waals surface area contributed by atoms with Gasteiger partial charge in [0.1, 0.15) is 77.2 Å². The van der Waals surface area contributed by atoms with Crippen LogP contribution in [0.15, 0.2) is 51.9 Å². The van der Waals surface area contributed by atoms with Crippen molar-refractivity contribution in [1.82, 2.24) is 0 Å². The van der Waals surface area contributed by atoms with Gasteiger partial charge in [-0.3, -0.25) is 4.79 Å². The number of rotatable bonds is 7. The van der Waals surface area contributed by atoms with Crippen molar-refractivity contribution >= 4 is 11.0 Å². The van der Waals surface area contributed by atoms with Gasteiger partial charge in [0.2, 0.25) is 11.7 Å². The summed E-state index contributed by atoms with van der Waals surface area (Å²) in [6, 6.07) is 9.07. The van der Waals surface area contributed by atoms with Gasteiger partial charge in [-0.05, 0) is 24.6 Å². The van der Waals surface area contributed by atoms with E-state index in [2.05, 4.69) is 0 Å². The number of ether oxygens (including phenoxy) is 5. The van der Waals surface area contributed by atoms with Gasteiger partial charge in [0, 0.05) is 12.1 Å². The van der Waals surface area contributed by atoms with Crippen LogP contribution in [0.25, 0.3) is 22.1 Å². The van der Waals surface area contributed by atoms with Gasteiger partial charge in [-0.1, -0.05) is 12.1 Å². The molecule has 1 aromatic heterocycles. The number of hydrogen-bond donors (Lipinski definition) is 7. The van der Waals surface area contributed by atoms with Gasteiger partial charge in [0.05, 0.1) is 25.4 Å². The topological polar surface area (TPSA) is 218 Å². The van der Waals surface area contributed by atoms with Gasteiger partial charge in [-0.2, -0.15) is 0 Å². The Bertz CT molecular complexity index is 1440. The first-order valence-corrected chi connectivity index (χ1v) is 13.1. The Kier molecular flexibility index (Phi) is 8.71. The van der Waals surface area contributed by atoms with Gasteiger partial charge in [0.25, 0.3) is 0 Å². The lowest BCUT2D eigenvalue weighted by Gasteiger charge is -2.42. The minimum Gasteiger partial charge on any atom is -0.507 e. The summed E-state index contributed by atoms with van der Waals surface area (Å²) in [7, 11) is 1.52. The van der Waals surface area contributed by atoms with Gasteiger partial charge in [0.15, 0.2) is 6.29 Å². The summed E-state index contributed by atoms with van der Waals surface area (Å²) in [6.45, 7) is 0.987. The second-order valence-electron chi connectivity index (χ2n) is 10.2. The first-order valence-electron chi connectivity index (χ1n) is 13.1. The maximum atomic E-state index is 13.2. The third-order valence-corrected chi connectivity index (χ3v) is 7.39. The maximum Gasteiger partial charge on any atom is 0.229 e. The fourth-order valence-corrected chi connectivity index (χ4v) is 4.87. The predicted octanol–water partition coefficient (Wildman–Crippen LogP) is -0.795. The lowest BCUT2D eigenvalue weighted by Crippen LogP contribution is -2.61. The molecule has 0 unspecified atom stereocenters. The minimum atomic E-state index is -1.75. The standard InChI is InChI=1S/C28H32O14/c1-11-20(30)23(33)25(35)27(40-11)39-10-18-22(32)24(34)26(36)28(42-18)41-14-7-16(29)19-17(8-14)38-9-15(21(19)31)12-3-5-13(37-2)6-4-12/h3-9,11,18,20,22-30,32-36H,10H2,1-2H3/t11-,18+,20-,22+,23+,24-,25+,26+,27-,28+/m1/s1. The molecule has 10 atom stereocenters. The zero-order valence-corrected chi connectivity index (χ0v) is 22.5. The molecule has 0 saturated carbocycles. The molecule has 0 spiro atoms. The molecule has 0 amide bonds. The number of fused-ring (bicyclic) bond motifs is 1. The Hall–Kier alpha value is -3.31. The van der Waals surface area contributed by atoms with Gasteiger partial charge >= 0.3 is 0 Å². The van der Waals surface area contributed by atoms with Crippen LogP contribution in [0, 0.1) is 0 Å². The molecule has 0 radical (unpaired) electrons. The van der Waals surface area contributed by atoms with Crippen molar-refractivity contribution in [1.29, 1.82) is 0 Å². The zero-order chi connectivity index (χ0) is 30.3. The van der Waals surface area contributed by atoms with E-state index in [0.717, 1.165) is 6.07 Å². The highest BCUT2D eigenvalue weighted by Gasteiger charge is 2.47. The minimum absolute atomic E-state index is 0.0312. The van der Waals surface area contributed by atoms with Crippen LogP contribution in [0.1, 0.15) is 6.92 Å². The van der Waals surface area contributed by atoms with E-state index in [-0.39, 0.29) is 22.3 Å². The van der Waals surface area contributed by atoms with Crippen molar-refractivity contribution in [2.45, 2.75) is 68.3 Å². The van der Waals surface area contributed by atoms with Crippen molar-refractivity contribution in [2.75, 3.05) is 13.7 Å². The summed E-state index contributed by atoms with van der Waals surface area (Å²) < 4.78 is 32.8. The molecule has 2 saturated heterocycles. The number of hydrogen-bond acceptors (Lipinski definition) is 14. The van der Waals surface area contributed by atoms with Crippen LogP contribution in [-0.2, 0) is 14.2 Å². The third kappa shape index (κ3) is 5.68. The molecule has 2 aliphatic heterocycles. The van der Waals surface area contributed by atoms with Gasteiger partial charge < -0.3 is 63.8 Å². The number of aliphatic hydroxyl groups excluding tert-OH is 6. The third-order valence-electron chi connectivity index (χ3n) is 7.39. The Morgan fingerprint density at radius 1 is 0.810 bits per heavy atom. The summed E-state index contributed by atoms with van der Waals surface area (Å²) in [5, 5.41) is 71.9. The van der Waals surface area contributed by atoms with E-state index in [1.807, 2.05) is 0 Å². The van der Waals surface area contributed by atoms with Crippen molar-refractivity contribution in [3.63, 3.8) is 0 Å². The van der Waals surface area contributed by atoms with E-state index in [0.29, 0.717) is 11.3 Å². The number of aromatic hydroxyl groups is 1. The second kappa shape index (κ2) is 12.1. The molecule has 7 N–H and O–H groups in total. The van der Waals surface area contributed by atoms with E-state index < -0.39 is 79.2 Å². The lowest BCUT2D eigenvalue weighted by molar-refractivity contribution is -0.318. The molecule has 2 aliphatic rings. The van der Waals surface area contributed by atoms with Crippen molar-refractivity contribution in [2.24, 2.45) is 0 Å². The molecule has 42 heavy (non-hydrogen) atoms. The molecule has 14 heteroatoms. The normalized spacial score (nSPS) is 33.4. The summed E-state index contributed by atoms with van der Waals surface area (Å²) in [5.74, 6) is 0.0283. The molecule has 5 rings (SSSR count). The van der Waals surface area contributed by atoms with Gasteiger partial charge in [-0.15, -0.1) is 0 Å². The smallest absolute Gasteiger partial charge is 0.229 e. The highest BCUT2D eigenvalue weighted by Crippen LogP contribution is 2.33. The molecule has 0 bridgehead atoms. The predicted molar refractivity (Wildman–Crippen MR) is 142 cm³/mol. The number of phenolic OH excluding ortho intramolecular Hbond substituents is 1. The van der Waals surface area contributed by atoms with Crippen molar-refractivity contribution in [3.05, 3.63) is 52.9 Å². The Labute approximate surface area is 238 Å². The fourth-order valence-electron chi connectivity index (χ4n) is 4.87. The molecule has 228 valence electrons. The number of benzene rings is 2. The Morgan fingerprint density at radius 3 is 2.17 bits per heavy atom. The highest BCUT2D eigenvalue weighted by molar-refractivity contribution is 5.88. The molecular formula is C28H32O14. The van der Waals surface area contributed by atoms with Crippen LogP contribution in [0.4, 0.5) is 0 Å². The molecule has 3 heterocycles. The van der Waals surface area contributed by atoms with Crippen LogP contribution in [0.5, 0.6) is 17.2 Å². The van der Waals surface area contributed by atoms with Crippen LogP contribution < -0.4 is 14.9 Å². The zero-order valence-electron chi connectivity index (χ0n) is 22.5. The van der Waals surface area contributed by atoms with Crippen LogP contribution >= 0.6 is 0 Å². The SMILES string of the molecule is COc1ccc(-c2coc3cc(O[C@H]4O[C@@H](CO[C@@H]5O[C@H](C)[C@@H](O)[C@H](O)[C@@H]5O)[C@H](O)[C@@H](O)[C@@H]4O)cc(O)c3c2=O)cc1. The van der Waals surface area contributed by atoms with Crippen LogP contribution in [0.2, 0.25) is 0 Å². The number of phenols is 1. The summed E-state index contributed by atoms with van der Waals surface area (Å²) >= 11 is 0. The summed E-state index contributed by atoms with van der Waals surface area (Å²) in [5.41, 5.74) is 0.200. The van der Waals surface area contributed by atoms with E-state index >= 15 is 0 Å². The van der Waals surface area contributed by atoms with Crippen LogP contribution in [0.3, 0.4) is 0 Å². The van der Waals surface area contributed by atoms with E-state index in [1.165, 1.54) is 26.4 Å². The van der Waals surface area contributed by atoms with Crippen molar-refractivity contribution in [3.8, 4) is 28.4 Å². The van der Waals surface area contributed by atoms with Gasteiger partial charge in [-0.25, -0.2) is 0 Å². The largest absolute Gasteiger partial charge is 0.507 e. The summed E-state index contributed by atoms with van der Waals surface area (Å²) in [6.07, 6.45) is -13.6. The number of aliphatic hydroxyl groups is 6. The molecule has 14 nitrogen and oxygen atoms in total. The second-order valence-corrected chi connectivity index (χ2v) is 10.2. The molecule has 3 aromatic rings. The highest BCUT2D eigenvalue weighted by atomic mass is 16.7. The van der Waals surface area contributed by atoms with Crippen molar-refractivity contribution < 1.29 is 63.8 Å². The van der Waals surface area contributed by atoms with E-state index in [9.17, 15) is 40.5 Å². The maximum absolute atomic E-state index is 13.2.